The summed E-state index contributed by atoms with van der Waals surface area (Å²) in [6, 6.07) is 0. The molecule has 0 aromatic rings. The highest BCUT2D eigenvalue weighted by Crippen LogP contribution is 2.26. The molecule has 3 nitrogen and oxygen atoms in total. The van der Waals surface area contributed by atoms with Crippen LogP contribution in [0.5, 0.6) is 0 Å². The Labute approximate surface area is 109 Å². The number of rotatable bonds is 4. The van der Waals surface area contributed by atoms with Crippen LogP contribution in [0.3, 0.4) is 0 Å². The zero-order valence-electron chi connectivity index (χ0n) is 11.3. The molecule has 0 spiro atoms. The fourth-order valence-electron chi connectivity index (χ4n) is 2.43. The van der Waals surface area contributed by atoms with E-state index in [-0.39, 0.29) is 0 Å². The topological polar surface area (TPSA) is 27.6 Å². The molecule has 1 fully saturated rings. The second-order valence-corrected chi connectivity index (χ2v) is 6.70. The summed E-state index contributed by atoms with van der Waals surface area (Å²) in [5, 5.41) is 5.41. The maximum Gasteiger partial charge on any atom is 0.156 e. The van der Waals surface area contributed by atoms with Gasteiger partial charge in [-0.25, -0.2) is 0 Å². The second-order valence-electron chi connectivity index (χ2n) is 5.47. The van der Waals surface area contributed by atoms with Gasteiger partial charge >= 0.3 is 0 Å². The van der Waals surface area contributed by atoms with Crippen molar-refractivity contribution in [1.29, 1.82) is 0 Å². The Morgan fingerprint density at radius 1 is 1.53 bits per heavy atom. The van der Waals surface area contributed by atoms with Gasteiger partial charge in [-0.1, -0.05) is 32.5 Å². The number of hydrogen-bond donors (Lipinski definition) is 1. The third kappa shape index (κ3) is 3.62. The average molecular weight is 255 g/mol. The molecule has 2 aliphatic rings. The van der Waals surface area contributed by atoms with Crippen molar-refractivity contribution in [1.82, 2.24) is 10.2 Å². The first kappa shape index (κ1) is 13.2. The quantitative estimate of drug-likeness (QED) is 0.833. The van der Waals surface area contributed by atoms with E-state index in [0.29, 0.717) is 5.25 Å². The molecule has 0 radical (unpaired) electrons. The molecule has 2 atom stereocenters. The number of nitrogens with zero attached hydrogens (tertiary/aromatic N) is 2. The highest BCUT2D eigenvalue weighted by Gasteiger charge is 2.24. The third-order valence-corrected chi connectivity index (χ3v) is 5.27. The summed E-state index contributed by atoms with van der Waals surface area (Å²) in [7, 11) is 0. The van der Waals surface area contributed by atoms with Gasteiger partial charge in [0.2, 0.25) is 0 Å². The second kappa shape index (κ2) is 6.10. The van der Waals surface area contributed by atoms with E-state index in [1.165, 1.54) is 31.2 Å². The van der Waals surface area contributed by atoms with Crippen molar-refractivity contribution < 1.29 is 0 Å². The van der Waals surface area contributed by atoms with Gasteiger partial charge in [-0.2, -0.15) is 0 Å². The molecule has 17 heavy (non-hydrogen) atoms. The molecule has 4 heteroatoms. The molecule has 2 aliphatic heterocycles. The van der Waals surface area contributed by atoms with Gasteiger partial charge in [0.05, 0.1) is 6.54 Å². The number of amidine groups is 1. The summed E-state index contributed by atoms with van der Waals surface area (Å²) in [6.45, 7) is 12.6. The van der Waals surface area contributed by atoms with Crippen LogP contribution in [0, 0.1) is 11.8 Å². The van der Waals surface area contributed by atoms with E-state index >= 15 is 0 Å². The molecule has 1 N–H and O–H groups in total. The minimum absolute atomic E-state index is 0.688. The molecule has 0 aliphatic carbocycles. The number of aliphatic imine (C=N–C) groups is 1. The molecule has 1 saturated heterocycles. The SMILES string of the molecule is CCN1CCC(CNC2=NCC(C(C)C)S2)C1. The number of thioether (sulfide) groups is 1. The Morgan fingerprint density at radius 3 is 2.94 bits per heavy atom. The van der Waals surface area contributed by atoms with Crippen LogP contribution in [0.25, 0.3) is 0 Å². The van der Waals surface area contributed by atoms with Crippen LogP contribution in [0.15, 0.2) is 4.99 Å². The lowest BCUT2D eigenvalue weighted by Crippen LogP contribution is -2.29. The molecule has 2 unspecified atom stereocenters. The summed E-state index contributed by atoms with van der Waals surface area (Å²) in [5.74, 6) is 1.54. The minimum atomic E-state index is 0.688. The molecule has 2 rings (SSSR count). The first-order chi connectivity index (χ1) is 8.19. The highest BCUT2D eigenvalue weighted by molar-refractivity contribution is 8.14. The van der Waals surface area contributed by atoms with Crippen molar-refractivity contribution in [2.24, 2.45) is 16.8 Å². The third-order valence-electron chi connectivity index (χ3n) is 3.78. The first-order valence-electron chi connectivity index (χ1n) is 6.86. The molecule has 98 valence electrons. The van der Waals surface area contributed by atoms with Crippen molar-refractivity contribution in [2.75, 3.05) is 32.7 Å². The molecule has 0 saturated carbocycles. The predicted octanol–water partition coefficient (Wildman–Crippen LogP) is 2.05. The van der Waals surface area contributed by atoms with E-state index in [4.69, 9.17) is 0 Å². The van der Waals surface area contributed by atoms with Gasteiger partial charge in [-0.3, -0.25) is 4.99 Å². The smallest absolute Gasteiger partial charge is 0.156 e. The maximum absolute atomic E-state index is 4.59. The summed E-state index contributed by atoms with van der Waals surface area (Å²) in [6.07, 6.45) is 1.34. The lowest BCUT2D eigenvalue weighted by molar-refractivity contribution is 0.342. The van der Waals surface area contributed by atoms with Crippen molar-refractivity contribution in [3.63, 3.8) is 0 Å². The van der Waals surface area contributed by atoms with Crippen LogP contribution in [0.2, 0.25) is 0 Å². The van der Waals surface area contributed by atoms with Gasteiger partial charge in [0, 0.05) is 18.3 Å². The predicted molar refractivity (Wildman–Crippen MR) is 76.7 cm³/mol. The number of nitrogens with one attached hydrogen (secondary N) is 1. The Kier molecular flexibility index (Phi) is 4.74. The maximum atomic E-state index is 4.59. The fourth-order valence-corrected chi connectivity index (χ4v) is 3.46. The van der Waals surface area contributed by atoms with Crippen LogP contribution < -0.4 is 5.32 Å². The van der Waals surface area contributed by atoms with Crippen molar-refractivity contribution in [3.8, 4) is 0 Å². The van der Waals surface area contributed by atoms with Gasteiger partial charge in [0.15, 0.2) is 5.17 Å². The Hall–Kier alpha value is -0.220. The van der Waals surface area contributed by atoms with Gasteiger partial charge in [-0.05, 0) is 31.3 Å². The normalized spacial score (nSPS) is 30.0. The van der Waals surface area contributed by atoms with Crippen LogP contribution in [0.1, 0.15) is 27.2 Å². The molecule has 2 heterocycles. The Bertz CT molecular complexity index is 278. The number of hydrogen-bond acceptors (Lipinski definition) is 4. The molecule has 0 aromatic heterocycles. The minimum Gasteiger partial charge on any atom is -0.365 e. The Morgan fingerprint density at radius 2 is 2.35 bits per heavy atom. The van der Waals surface area contributed by atoms with E-state index < -0.39 is 0 Å². The summed E-state index contributed by atoms with van der Waals surface area (Å²) >= 11 is 1.93. The monoisotopic (exact) mass is 255 g/mol. The van der Waals surface area contributed by atoms with Crippen molar-refractivity contribution in [2.45, 2.75) is 32.4 Å². The molecule has 0 aromatic carbocycles. The van der Waals surface area contributed by atoms with Gasteiger partial charge in [0.1, 0.15) is 0 Å². The summed E-state index contributed by atoms with van der Waals surface area (Å²) < 4.78 is 0. The Balaban J connectivity index is 1.67. The lowest BCUT2D eigenvalue weighted by atomic mass is 10.1. The number of likely N-dealkylation sites (tertiary alicyclic amines) is 1. The average Bonchev–Trinajstić information content (AvgIpc) is 2.95. The molecule has 0 amide bonds. The van der Waals surface area contributed by atoms with Gasteiger partial charge in [-0.15, -0.1) is 0 Å². The van der Waals surface area contributed by atoms with Gasteiger partial charge < -0.3 is 10.2 Å². The van der Waals surface area contributed by atoms with E-state index in [9.17, 15) is 0 Å². The standard InChI is InChI=1S/C13H25N3S/c1-4-16-6-5-11(9-16)7-14-13-15-8-12(17-13)10(2)3/h10-12H,4-9H2,1-3H3,(H,14,15). The summed E-state index contributed by atoms with van der Waals surface area (Å²) in [5.41, 5.74) is 0. The highest BCUT2D eigenvalue weighted by atomic mass is 32.2. The van der Waals surface area contributed by atoms with Crippen LogP contribution >= 0.6 is 11.8 Å². The van der Waals surface area contributed by atoms with Crippen molar-refractivity contribution >= 4 is 16.9 Å². The lowest BCUT2D eigenvalue weighted by Gasteiger charge is -2.15. The van der Waals surface area contributed by atoms with E-state index in [1.54, 1.807) is 0 Å². The first-order valence-corrected chi connectivity index (χ1v) is 7.74. The summed E-state index contributed by atoms with van der Waals surface area (Å²) in [4.78, 5) is 7.13. The van der Waals surface area contributed by atoms with Crippen LogP contribution in [-0.4, -0.2) is 48.0 Å². The van der Waals surface area contributed by atoms with Gasteiger partial charge in [0.25, 0.3) is 0 Å². The van der Waals surface area contributed by atoms with E-state index in [1.807, 2.05) is 11.8 Å². The van der Waals surface area contributed by atoms with E-state index in [0.717, 1.165) is 24.9 Å². The van der Waals surface area contributed by atoms with Crippen molar-refractivity contribution in [3.05, 3.63) is 0 Å². The zero-order valence-corrected chi connectivity index (χ0v) is 12.1. The van der Waals surface area contributed by atoms with Crippen LogP contribution in [-0.2, 0) is 0 Å². The van der Waals surface area contributed by atoms with E-state index in [2.05, 4.69) is 36.0 Å². The largest absolute Gasteiger partial charge is 0.365 e. The molecular weight excluding hydrogens is 230 g/mol. The fraction of sp³-hybridized carbons (Fsp3) is 0.923. The zero-order chi connectivity index (χ0) is 12.3. The van der Waals surface area contributed by atoms with Crippen LogP contribution in [0.4, 0.5) is 0 Å². The molecule has 0 bridgehead atoms. The molecular formula is C13H25N3S.